The average Bonchev–Trinajstić information content (AvgIpc) is 4.01. The molecule has 1 amide bonds. The van der Waals surface area contributed by atoms with Crippen LogP contribution in [0.15, 0.2) is 90.1 Å². The number of ether oxygens (including phenoxy) is 3. The highest BCUT2D eigenvalue weighted by Gasteiger charge is 2.65. The largest absolute Gasteiger partial charge is 0.459 e. The minimum Gasteiger partial charge on any atom is -0.459 e. The molecule has 276 valence electrons. The van der Waals surface area contributed by atoms with Crippen LogP contribution in [0.25, 0.3) is 10.8 Å². The van der Waals surface area contributed by atoms with E-state index in [4.69, 9.17) is 19.0 Å². The van der Waals surface area contributed by atoms with Crippen LogP contribution in [-0.2, 0) is 14.4 Å². The fourth-order valence-corrected chi connectivity index (χ4v) is 9.04. The van der Waals surface area contributed by atoms with E-state index in [1.807, 2.05) is 42.3 Å². The SMILES string of the molecule is C=CCO[C@@]12Oc3ccc(Oc4ccc5ccccc5c4)cc3[C@H]3[C@H](CCCCO)[C@@H](CCCCO)C=C(C(=NOC)C[C@@H]1N(C)C(=O)C1CC1)[C@H]32. The zero-order valence-electron chi connectivity index (χ0n) is 30.4. The summed E-state index contributed by atoms with van der Waals surface area (Å²) in [6.07, 6.45) is 11.2. The third kappa shape index (κ3) is 6.98. The molecule has 3 aromatic rings. The number of likely N-dealkylation sites (N-methyl/N-ethyl adjacent to an activating group) is 1. The third-order valence-corrected chi connectivity index (χ3v) is 11.5. The first-order valence-corrected chi connectivity index (χ1v) is 19.0. The lowest BCUT2D eigenvalue weighted by atomic mass is 9.55. The lowest BCUT2D eigenvalue weighted by Gasteiger charge is -2.59. The second kappa shape index (κ2) is 15.8. The van der Waals surface area contributed by atoms with Gasteiger partial charge in [0.25, 0.3) is 0 Å². The van der Waals surface area contributed by atoms with Crippen molar-refractivity contribution in [3.8, 4) is 17.2 Å². The number of hydrogen-bond acceptors (Lipinski definition) is 8. The van der Waals surface area contributed by atoms with Gasteiger partial charge in [-0.15, -0.1) is 6.58 Å². The molecule has 0 aromatic heterocycles. The number of aliphatic hydroxyl groups excluding tert-OH is 2. The predicted octanol–water partition coefficient (Wildman–Crippen LogP) is 7.76. The Bertz CT molecular complexity index is 1820. The van der Waals surface area contributed by atoms with Gasteiger partial charge in [0.15, 0.2) is 0 Å². The highest BCUT2D eigenvalue weighted by atomic mass is 16.7. The Labute approximate surface area is 306 Å². The Balaban J connectivity index is 1.39. The summed E-state index contributed by atoms with van der Waals surface area (Å²) in [5.41, 5.74) is 2.85. The lowest BCUT2D eigenvalue weighted by molar-refractivity contribution is -0.255. The molecular weight excluding hydrogens is 656 g/mol. The van der Waals surface area contributed by atoms with Gasteiger partial charge in [-0.3, -0.25) is 4.79 Å². The predicted molar refractivity (Wildman–Crippen MR) is 201 cm³/mol. The number of nitrogens with zero attached hydrogens (tertiary/aromatic N) is 2. The first-order valence-electron chi connectivity index (χ1n) is 19.0. The molecule has 0 spiro atoms. The molecule has 4 aliphatic rings. The van der Waals surface area contributed by atoms with E-state index in [1.54, 1.807) is 13.2 Å². The molecular formula is C43H52N2O7. The monoisotopic (exact) mass is 708 g/mol. The van der Waals surface area contributed by atoms with Gasteiger partial charge in [0.05, 0.1) is 18.2 Å². The van der Waals surface area contributed by atoms with Crippen molar-refractivity contribution in [1.29, 1.82) is 0 Å². The maximum absolute atomic E-state index is 13.8. The molecule has 0 unspecified atom stereocenters. The Hall–Kier alpha value is -4.18. The van der Waals surface area contributed by atoms with E-state index in [9.17, 15) is 15.0 Å². The Morgan fingerprint density at radius 3 is 2.46 bits per heavy atom. The highest BCUT2D eigenvalue weighted by molar-refractivity contribution is 6.03. The smallest absolute Gasteiger partial charge is 0.239 e. The molecule has 0 bridgehead atoms. The normalized spacial score (nSPS) is 26.9. The molecule has 0 radical (unpaired) electrons. The van der Waals surface area contributed by atoms with Crippen LogP contribution >= 0.6 is 0 Å². The Morgan fingerprint density at radius 2 is 1.73 bits per heavy atom. The Kier molecular flexibility index (Phi) is 11.0. The number of amides is 1. The molecule has 9 nitrogen and oxygen atoms in total. The van der Waals surface area contributed by atoms with Gasteiger partial charge >= 0.3 is 0 Å². The van der Waals surface area contributed by atoms with Crippen molar-refractivity contribution in [3.63, 3.8) is 0 Å². The molecule has 3 aromatic carbocycles. The number of aliphatic hydroxyl groups is 2. The number of oxime groups is 1. The second-order valence-corrected chi connectivity index (χ2v) is 14.8. The minimum atomic E-state index is -1.23. The van der Waals surface area contributed by atoms with Crippen LogP contribution < -0.4 is 9.47 Å². The van der Waals surface area contributed by atoms with Crippen molar-refractivity contribution in [2.24, 2.45) is 28.8 Å². The average molecular weight is 709 g/mol. The molecule has 1 heterocycles. The number of allylic oxidation sites excluding steroid dienone is 1. The van der Waals surface area contributed by atoms with Crippen molar-refractivity contribution < 1.29 is 34.1 Å². The number of benzene rings is 3. The molecule has 6 atom stereocenters. The van der Waals surface area contributed by atoms with Crippen LogP contribution in [0.3, 0.4) is 0 Å². The van der Waals surface area contributed by atoms with Crippen molar-refractivity contribution in [2.75, 3.05) is 34.0 Å². The van der Waals surface area contributed by atoms with Crippen LogP contribution in [0.1, 0.15) is 69.3 Å². The molecule has 2 fully saturated rings. The van der Waals surface area contributed by atoms with E-state index in [0.29, 0.717) is 24.3 Å². The summed E-state index contributed by atoms with van der Waals surface area (Å²) in [5.74, 6) is 0.936. The van der Waals surface area contributed by atoms with Crippen LogP contribution in [-0.4, -0.2) is 72.5 Å². The molecule has 0 saturated heterocycles. The van der Waals surface area contributed by atoms with E-state index < -0.39 is 11.8 Å². The molecule has 7 rings (SSSR count). The summed E-state index contributed by atoms with van der Waals surface area (Å²) in [4.78, 5) is 21.2. The fourth-order valence-electron chi connectivity index (χ4n) is 9.04. The molecule has 3 aliphatic carbocycles. The second-order valence-electron chi connectivity index (χ2n) is 14.8. The number of rotatable bonds is 16. The fraction of sp³-hybridized carbons (Fsp3) is 0.488. The Morgan fingerprint density at radius 1 is 1.00 bits per heavy atom. The quantitative estimate of drug-likeness (QED) is 0.0889. The summed E-state index contributed by atoms with van der Waals surface area (Å²) < 4.78 is 20.7. The van der Waals surface area contributed by atoms with Gasteiger partial charge in [0.1, 0.15) is 30.4 Å². The maximum Gasteiger partial charge on any atom is 0.239 e. The van der Waals surface area contributed by atoms with Crippen molar-refractivity contribution in [2.45, 2.75) is 75.5 Å². The molecule has 52 heavy (non-hydrogen) atoms. The number of carbonyl (C=O) groups is 1. The van der Waals surface area contributed by atoms with Crippen LogP contribution in [0.5, 0.6) is 17.2 Å². The summed E-state index contributed by atoms with van der Waals surface area (Å²) in [6.45, 7) is 4.51. The zero-order chi connectivity index (χ0) is 36.2. The van der Waals surface area contributed by atoms with Crippen molar-refractivity contribution in [3.05, 3.63) is 90.5 Å². The number of unbranched alkanes of at least 4 members (excludes halogenated alkanes) is 2. The van der Waals surface area contributed by atoms with Crippen LogP contribution in [0.4, 0.5) is 0 Å². The molecule has 2 N–H and O–H groups in total. The minimum absolute atomic E-state index is 0.0104. The highest BCUT2D eigenvalue weighted by Crippen LogP contribution is 2.62. The zero-order valence-corrected chi connectivity index (χ0v) is 30.4. The first kappa shape index (κ1) is 36.2. The topological polar surface area (TPSA) is 110 Å². The van der Waals surface area contributed by atoms with E-state index >= 15 is 0 Å². The van der Waals surface area contributed by atoms with E-state index in [2.05, 4.69) is 48.1 Å². The first-order chi connectivity index (χ1) is 25.4. The van der Waals surface area contributed by atoms with Crippen molar-refractivity contribution >= 4 is 22.4 Å². The van der Waals surface area contributed by atoms with Gasteiger partial charge < -0.3 is 34.2 Å². The van der Waals surface area contributed by atoms with E-state index in [0.717, 1.165) is 78.3 Å². The van der Waals surface area contributed by atoms with E-state index in [-0.39, 0.29) is 55.3 Å². The maximum atomic E-state index is 13.8. The summed E-state index contributed by atoms with van der Waals surface area (Å²) in [5, 5.41) is 26.5. The molecule has 2 saturated carbocycles. The molecule has 1 aliphatic heterocycles. The summed E-state index contributed by atoms with van der Waals surface area (Å²) >= 11 is 0. The number of carbonyl (C=O) groups excluding carboxylic acids is 1. The standard InChI is InChI=1S/C43H52N2O7/c1-4-23-50-43-39(45(2)42(48)29-15-16-29)27-37(44-49-3)35-25-31(13-7-9-21-46)34(14-8-10-22-47)40(41(35)43)36-26-33(19-20-38(36)52-43)51-32-18-17-28-11-5-6-12-30(28)24-32/h4-6,11-12,17-20,24-26,29,31,34,39-41,46-47H,1,7-10,13-16,21-23,27H2,2-3H3/t31-,34+,39-,40+,41+,43+/m0/s1. The van der Waals surface area contributed by atoms with E-state index in [1.165, 1.54) is 0 Å². The van der Waals surface area contributed by atoms with Gasteiger partial charge in [-0.1, -0.05) is 60.5 Å². The number of hydrogen-bond donors (Lipinski definition) is 2. The van der Waals surface area contributed by atoms with Gasteiger partial charge in [0, 0.05) is 44.1 Å². The van der Waals surface area contributed by atoms with Crippen LogP contribution in [0, 0.1) is 23.7 Å². The third-order valence-electron chi connectivity index (χ3n) is 11.5. The van der Waals surface area contributed by atoms with Gasteiger partial charge in [-0.25, -0.2) is 0 Å². The summed E-state index contributed by atoms with van der Waals surface area (Å²) in [7, 11) is 3.44. The lowest BCUT2D eigenvalue weighted by Crippen LogP contribution is -2.69. The summed E-state index contributed by atoms with van der Waals surface area (Å²) in [6, 6.07) is 19.9. The van der Waals surface area contributed by atoms with Gasteiger partial charge in [-0.05, 0) is 97.0 Å². The van der Waals surface area contributed by atoms with Crippen LogP contribution in [0.2, 0.25) is 0 Å². The van der Waals surface area contributed by atoms with Gasteiger partial charge in [0.2, 0.25) is 11.7 Å². The van der Waals surface area contributed by atoms with Crippen molar-refractivity contribution in [1.82, 2.24) is 4.90 Å². The molecule has 9 heteroatoms. The van der Waals surface area contributed by atoms with Gasteiger partial charge in [-0.2, -0.15) is 0 Å². The number of fused-ring (bicyclic) bond motifs is 3.